The minimum Gasteiger partial charge on any atom is -0.489 e. The van der Waals surface area contributed by atoms with Gasteiger partial charge in [0.1, 0.15) is 12.4 Å². The van der Waals surface area contributed by atoms with Gasteiger partial charge in [0.25, 0.3) is 11.1 Å². The van der Waals surface area contributed by atoms with E-state index in [0.717, 1.165) is 28.6 Å². The van der Waals surface area contributed by atoms with Crippen LogP contribution in [0, 0.1) is 0 Å². The van der Waals surface area contributed by atoms with Crippen LogP contribution in [-0.2, 0) is 11.4 Å². The summed E-state index contributed by atoms with van der Waals surface area (Å²) >= 11 is 0.952. The van der Waals surface area contributed by atoms with Gasteiger partial charge in [0.05, 0.1) is 10.6 Å². The Morgan fingerprint density at radius 3 is 2.31 bits per heavy atom. The molecule has 0 aliphatic carbocycles. The Hall–Kier alpha value is -3.83. The van der Waals surface area contributed by atoms with Gasteiger partial charge < -0.3 is 4.74 Å². The van der Waals surface area contributed by atoms with E-state index in [1.807, 2.05) is 48.5 Å². The highest BCUT2D eigenvalue weighted by Crippen LogP contribution is 2.35. The van der Waals surface area contributed by atoms with Gasteiger partial charge >= 0.3 is 0 Å². The summed E-state index contributed by atoms with van der Waals surface area (Å²) in [5.74, 6) is 0.440. The summed E-state index contributed by atoms with van der Waals surface area (Å²) in [5.41, 5.74) is 2.54. The number of imide groups is 1. The molecule has 1 saturated heterocycles. The Kier molecular flexibility index (Phi) is 5.48. The van der Waals surface area contributed by atoms with E-state index in [-0.39, 0.29) is 11.1 Å². The first kappa shape index (κ1) is 20.1. The first-order valence-corrected chi connectivity index (χ1v) is 11.0. The van der Waals surface area contributed by atoms with E-state index in [2.05, 4.69) is 24.3 Å². The number of hydrogen-bond donors (Lipinski definition) is 0. The van der Waals surface area contributed by atoms with Gasteiger partial charge in [-0.3, -0.25) is 9.59 Å². The summed E-state index contributed by atoms with van der Waals surface area (Å²) in [6, 6.07) is 30.9. The molecule has 2 amide bonds. The second-order valence-electron chi connectivity index (χ2n) is 7.35. The zero-order valence-electron chi connectivity index (χ0n) is 17.1. The summed E-state index contributed by atoms with van der Waals surface area (Å²) in [7, 11) is 0. The minimum absolute atomic E-state index is 0.289. The molecule has 5 rings (SSSR count). The maximum absolute atomic E-state index is 12.7. The smallest absolute Gasteiger partial charge is 0.298 e. The van der Waals surface area contributed by atoms with Gasteiger partial charge in [-0.05, 0) is 64.0 Å². The van der Waals surface area contributed by atoms with Crippen LogP contribution in [0.1, 0.15) is 11.1 Å². The van der Waals surface area contributed by atoms with Gasteiger partial charge in [-0.2, -0.15) is 0 Å². The SMILES string of the molecule is O=C1S/C(=C/c2ccc(OCc3cccc4ccccc34)cc2)C(=O)N1c1ccccc1. The van der Waals surface area contributed by atoms with Gasteiger partial charge in [-0.15, -0.1) is 0 Å². The fourth-order valence-electron chi connectivity index (χ4n) is 3.66. The molecule has 0 atom stereocenters. The van der Waals surface area contributed by atoms with Crippen LogP contribution in [0.4, 0.5) is 10.5 Å². The standard InChI is InChI=1S/C27H19NO3S/c29-26-25(32-27(30)28(26)22-10-2-1-3-11-22)17-19-13-15-23(16-14-19)31-18-21-9-6-8-20-7-4-5-12-24(20)21/h1-17H,18H2/b25-17+. The first-order chi connectivity index (χ1) is 15.7. The summed E-state index contributed by atoms with van der Waals surface area (Å²) in [5, 5.41) is 2.08. The van der Waals surface area contributed by atoms with Crippen molar-refractivity contribution in [1.82, 2.24) is 0 Å². The highest BCUT2D eigenvalue weighted by Gasteiger charge is 2.36. The van der Waals surface area contributed by atoms with Gasteiger partial charge in [-0.25, -0.2) is 4.90 Å². The molecule has 5 heteroatoms. The molecule has 156 valence electrons. The topological polar surface area (TPSA) is 46.6 Å². The third-order valence-corrected chi connectivity index (χ3v) is 6.13. The molecule has 1 aliphatic rings. The monoisotopic (exact) mass is 437 g/mol. The predicted octanol–water partition coefficient (Wildman–Crippen LogP) is 6.66. The number of carbonyl (C=O) groups excluding carboxylic acids is 2. The zero-order chi connectivity index (χ0) is 21.9. The number of anilines is 1. The maximum Gasteiger partial charge on any atom is 0.298 e. The fourth-order valence-corrected chi connectivity index (χ4v) is 4.50. The Bertz CT molecular complexity index is 1320. The normalized spacial score (nSPS) is 15.0. The molecule has 0 radical (unpaired) electrons. The lowest BCUT2D eigenvalue weighted by Gasteiger charge is -2.11. The van der Waals surface area contributed by atoms with E-state index in [0.29, 0.717) is 17.2 Å². The first-order valence-electron chi connectivity index (χ1n) is 10.2. The van der Waals surface area contributed by atoms with Crippen molar-refractivity contribution in [2.75, 3.05) is 4.90 Å². The van der Waals surface area contributed by atoms with Crippen LogP contribution < -0.4 is 9.64 Å². The number of amides is 2. The van der Waals surface area contributed by atoms with Crippen LogP contribution in [0.15, 0.2) is 102 Å². The Morgan fingerprint density at radius 1 is 0.781 bits per heavy atom. The van der Waals surface area contributed by atoms with Crippen molar-refractivity contribution in [3.05, 3.63) is 113 Å². The zero-order valence-corrected chi connectivity index (χ0v) is 17.9. The molecule has 1 fully saturated rings. The van der Waals surface area contributed by atoms with Crippen LogP contribution in [-0.4, -0.2) is 11.1 Å². The molecule has 32 heavy (non-hydrogen) atoms. The molecule has 4 aromatic rings. The van der Waals surface area contributed by atoms with Crippen molar-refractivity contribution in [2.45, 2.75) is 6.61 Å². The van der Waals surface area contributed by atoms with Crippen LogP contribution in [0.5, 0.6) is 5.75 Å². The number of thioether (sulfide) groups is 1. The quantitative estimate of drug-likeness (QED) is 0.328. The molecule has 0 aromatic heterocycles. The summed E-state index contributed by atoms with van der Waals surface area (Å²) in [6.07, 6.45) is 1.74. The lowest BCUT2D eigenvalue weighted by Crippen LogP contribution is -2.27. The van der Waals surface area contributed by atoms with Crippen LogP contribution in [0.2, 0.25) is 0 Å². The number of benzene rings is 4. The molecule has 0 unspecified atom stereocenters. The number of para-hydroxylation sites is 1. The largest absolute Gasteiger partial charge is 0.489 e. The number of carbonyl (C=O) groups is 2. The lowest BCUT2D eigenvalue weighted by atomic mass is 10.1. The molecule has 4 aromatic carbocycles. The van der Waals surface area contributed by atoms with Crippen molar-refractivity contribution >= 4 is 45.4 Å². The van der Waals surface area contributed by atoms with E-state index in [1.54, 1.807) is 30.3 Å². The van der Waals surface area contributed by atoms with E-state index in [1.165, 1.54) is 15.7 Å². The minimum atomic E-state index is -0.303. The summed E-state index contributed by atoms with van der Waals surface area (Å²) < 4.78 is 5.98. The molecular formula is C27H19NO3S. The summed E-state index contributed by atoms with van der Waals surface area (Å²) in [4.78, 5) is 26.7. The third-order valence-electron chi connectivity index (χ3n) is 5.26. The van der Waals surface area contributed by atoms with Crippen molar-refractivity contribution in [3.8, 4) is 5.75 Å². The molecule has 0 spiro atoms. The molecule has 1 aliphatic heterocycles. The molecule has 0 bridgehead atoms. The number of nitrogens with zero attached hydrogens (tertiary/aromatic N) is 1. The van der Waals surface area contributed by atoms with E-state index in [9.17, 15) is 9.59 Å². The van der Waals surface area contributed by atoms with Gasteiger partial charge in [0, 0.05) is 0 Å². The van der Waals surface area contributed by atoms with Crippen LogP contribution >= 0.6 is 11.8 Å². The van der Waals surface area contributed by atoms with Crippen LogP contribution in [0.3, 0.4) is 0 Å². The Labute approximate surface area is 190 Å². The van der Waals surface area contributed by atoms with Crippen molar-refractivity contribution in [2.24, 2.45) is 0 Å². The van der Waals surface area contributed by atoms with Gasteiger partial charge in [-0.1, -0.05) is 72.8 Å². The van der Waals surface area contributed by atoms with E-state index < -0.39 is 0 Å². The summed E-state index contributed by atoms with van der Waals surface area (Å²) in [6.45, 7) is 0.469. The third kappa shape index (κ3) is 4.03. The highest BCUT2D eigenvalue weighted by atomic mass is 32.2. The molecule has 0 N–H and O–H groups in total. The maximum atomic E-state index is 12.7. The number of ether oxygens (including phenoxy) is 1. The molecule has 4 nitrogen and oxygen atoms in total. The average Bonchev–Trinajstić information content (AvgIpc) is 3.11. The second kappa shape index (κ2) is 8.73. The van der Waals surface area contributed by atoms with Crippen molar-refractivity contribution in [1.29, 1.82) is 0 Å². The number of hydrogen-bond acceptors (Lipinski definition) is 4. The van der Waals surface area contributed by atoms with Crippen molar-refractivity contribution in [3.63, 3.8) is 0 Å². The van der Waals surface area contributed by atoms with Gasteiger partial charge in [0.2, 0.25) is 0 Å². The average molecular weight is 438 g/mol. The van der Waals surface area contributed by atoms with Crippen LogP contribution in [0.25, 0.3) is 16.8 Å². The van der Waals surface area contributed by atoms with Crippen molar-refractivity contribution < 1.29 is 14.3 Å². The fraction of sp³-hybridized carbons (Fsp3) is 0.0370. The predicted molar refractivity (Wildman–Crippen MR) is 130 cm³/mol. The lowest BCUT2D eigenvalue weighted by molar-refractivity contribution is -0.113. The highest BCUT2D eigenvalue weighted by molar-refractivity contribution is 8.19. The van der Waals surface area contributed by atoms with E-state index >= 15 is 0 Å². The number of rotatable bonds is 5. The Morgan fingerprint density at radius 2 is 1.50 bits per heavy atom. The molecule has 0 saturated carbocycles. The van der Waals surface area contributed by atoms with E-state index in [4.69, 9.17) is 4.74 Å². The second-order valence-corrected chi connectivity index (χ2v) is 8.34. The number of fused-ring (bicyclic) bond motifs is 1. The molecular weight excluding hydrogens is 418 g/mol. The molecule has 1 heterocycles. The Balaban J connectivity index is 1.29. The van der Waals surface area contributed by atoms with Gasteiger partial charge in [0.15, 0.2) is 0 Å².